The van der Waals surface area contributed by atoms with E-state index >= 15 is 0 Å². The van der Waals surface area contributed by atoms with Crippen LogP contribution in [0.2, 0.25) is 5.15 Å². The van der Waals surface area contributed by atoms with Crippen LogP contribution < -0.4 is 9.47 Å². The molecule has 4 rings (SSSR count). The topological polar surface area (TPSA) is 61.3 Å². The number of carbonyl (C=O) groups is 1. The summed E-state index contributed by atoms with van der Waals surface area (Å²) in [5.74, 6) is 1.31. The van der Waals surface area contributed by atoms with E-state index in [0.717, 1.165) is 28.1 Å². The standard InChI is InChI=1S/C24H23ClN2O3/c1-15-13-20(25)27-19-10-11-24(2,22(28)21(15)19)18-5-4-12-26-23(18)30-14-16-6-8-17(29-3)9-7-16/h4-9,12-13H,10-11,14H2,1-3H3. The molecule has 1 atom stereocenters. The van der Waals surface area contributed by atoms with Crippen molar-refractivity contribution in [2.45, 2.75) is 38.7 Å². The van der Waals surface area contributed by atoms with Gasteiger partial charge in [0.05, 0.1) is 18.2 Å². The van der Waals surface area contributed by atoms with Gasteiger partial charge in [-0.15, -0.1) is 0 Å². The fourth-order valence-electron chi connectivity index (χ4n) is 4.00. The van der Waals surface area contributed by atoms with Crippen LogP contribution in [0.5, 0.6) is 11.6 Å². The Morgan fingerprint density at radius 1 is 1.20 bits per heavy atom. The molecule has 1 unspecified atom stereocenters. The molecule has 0 saturated carbocycles. The van der Waals surface area contributed by atoms with Crippen LogP contribution in [-0.2, 0) is 18.4 Å². The summed E-state index contributed by atoms with van der Waals surface area (Å²) in [4.78, 5) is 22.4. The molecule has 1 aliphatic rings. The summed E-state index contributed by atoms with van der Waals surface area (Å²) >= 11 is 6.10. The molecule has 3 aromatic rings. The van der Waals surface area contributed by atoms with E-state index in [-0.39, 0.29) is 5.78 Å². The molecule has 154 valence electrons. The van der Waals surface area contributed by atoms with Gasteiger partial charge in [-0.1, -0.05) is 29.8 Å². The molecule has 0 amide bonds. The SMILES string of the molecule is COc1ccc(COc2ncccc2C2(C)CCc3nc(Cl)cc(C)c3C2=O)cc1. The summed E-state index contributed by atoms with van der Waals surface area (Å²) in [6, 6.07) is 13.2. The van der Waals surface area contributed by atoms with E-state index in [9.17, 15) is 4.79 Å². The number of aromatic nitrogens is 2. The first kappa shape index (κ1) is 20.4. The highest BCUT2D eigenvalue weighted by atomic mass is 35.5. The molecule has 0 radical (unpaired) electrons. The number of Topliss-reactive ketones (excluding diaryl/α,β-unsaturated/α-hetero) is 1. The van der Waals surface area contributed by atoms with Crippen molar-refractivity contribution >= 4 is 17.4 Å². The molecule has 0 spiro atoms. The molecule has 2 heterocycles. The molecule has 0 aliphatic heterocycles. The molecule has 0 saturated heterocycles. The molecule has 2 aromatic heterocycles. The molecule has 1 aliphatic carbocycles. The fourth-order valence-corrected chi connectivity index (χ4v) is 4.27. The van der Waals surface area contributed by atoms with Crippen molar-refractivity contribution in [2.75, 3.05) is 7.11 Å². The quantitative estimate of drug-likeness (QED) is 0.534. The highest BCUT2D eigenvalue weighted by Gasteiger charge is 2.43. The first-order chi connectivity index (χ1) is 14.4. The van der Waals surface area contributed by atoms with E-state index in [1.54, 1.807) is 19.4 Å². The zero-order valence-electron chi connectivity index (χ0n) is 17.2. The zero-order chi connectivity index (χ0) is 21.3. The molecule has 0 fully saturated rings. The van der Waals surface area contributed by atoms with Crippen LogP contribution in [0.15, 0.2) is 48.7 Å². The number of benzene rings is 1. The molecule has 30 heavy (non-hydrogen) atoms. The van der Waals surface area contributed by atoms with Crippen molar-refractivity contribution in [3.63, 3.8) is 0 Å². The lowest BCUT2D eigenvalue weighted by atomic mass is 9.68. The monoisotopic (exact) mass is 422 g/mol. The van der Waals surface area contributed by atoms with Crippen LogP contribution in [-0.4, -0.2) is 22.9 Å². The largest absolute Gasteiger partial charge is 0.497 e. The smallest absolute Gasteiger partial charge is 0.217 e. The number of pyridine rings is 2. The van der Waals surface area contributed by atoms with Gasteiger partial charge in [0.15, 0.2) is 5.78 Å². The molecule has 1 aromatic carbocycles. The average Bonchev–Trinajstić information content (AvgIpc) is 2.75. The number of hydrogen-bond donors (Lipinski definition) is 0. The summed E-state index contributed by atoms with van der Waals surface area (Å²) < 4.78 is 11.3. The second-order valence-corrected chi connectivity index (χ2v) is 8.12. The number of fused-ring (bicyclic) bond motifs is 1. The maximum absolute atomic E-state index is 13.6. The highest BCUT2D eigenvalue weighted by molar-refractivity contribution is 6.29. The minimum atomic E-state index is -0.739. The van der Waals surface area contributed by atoms with Crippen molar-refractivity contribution in [2.24, 2.45) is 0 Å². The molecule has 6 heteroatoms. The lowest BCUT2D eigenvalue weighted by Crippen LogP contribution is -2.39. The van der Waals surface area contributed by atoms with Crippen molar-refractivity contribution in [1.29, 1.82) is 0 Å². The van der Waals surface area contributed by atoms with E-state index in [0.29, 0.717) is 36.0 Å². The third kappa shape index (κ3) is 3.65. The predicted octanol–water partition coefficient (Wildman–Crippen LogP) is 5.11. The summed E-state index contributed by atoms with van der Waals surface area (Å²) in [6.07, 6.45) is 2.98. The van der Waals surface area contributed by atoms with Gasteiger partial charge in [0.25, 0.3) is 0 Å². The Morgan fingerprint density at radius 2 is 1.97 bits per heavy atom. The van der Waals surface area contributed by atoms with E-state index in [2.05, 4.69) is 9.97 Å². The zero-order valence-corrected chi connectivity index (χ0v) is 18.0. The first-order valence-electron chi connectivity index (χ1n) is 9.84. The van der Waals surface area contributed by atoms with Gasteiger partial charge >= 0.3 is 0 Å². The number of methoxy groups -OCH3 is 1. The first-order valence-corrected chi connectivity index (χ1v) is 10.2. The fraction of sp³-hybridized carbons (Fsp3) is 0.292. The van der Waals surface area contributed by atoms with Crippen molar-refractivity contribution in [1.82, 2.24) is 9.97 Å². The Hall–Kier alpha value is -2.92. The number of hydrogen-bond acceptors (Lipinski definition) is 5. The van der Waals surface area contributed by atoms with E-state index in [1.165, 1.54) is 0 Å². The Balaban J connectivity index is 1.64. The second kappa shape index (κ2) is 8.07. The number of ketones is 1. The average molecular weight is 423 g/mol. The Kier molecular flexibility index (Phi) is 5.48. The summed E-state index contributed by atoms with van der Waals surface area (Å²) in [7, 11) is 1.64. The maximum atomic E-state index is 13.6. The van der Waals surface area contributed by atoms with Crippen LogP contribution in [0.4, 0.5) is 0 Å². The number of nitrogens with zero attached hydrogens (tertiary/aromatic N) is 2. The summed E-state index contributed by atoms with van der Waals surface area (Å²) in [5.41, 5.74) is 3.34. The normalized spacial score (nSPS) is 18.1. The van der Waals surface area contributed by atoms with Crippen molar-refractivity contribution in [3.05, 3.63) is 81.8 Å². The van der Waals surface area contributed by atoms with E-state index in [4.69, 9.17) is 21.1 Å². The van der Waals surface area contributed by atoms with Crippen LogP contribution in [0.1, 0.15) is 46.1 Å². The Bertz CT molecular complexity index is 1100. The molecule has 0 bridgehead atoms. The van der Waals surface area contributed by atoms with Gasteiger partial charge in [0.2, 0.25) is 5.88 Å². The van der Waals surface area contributed by atoms with Gasteiger partial charge in [0.1, 0.15) is 17.5 Å². The van der Waals surface area contributed by atoms with Crippen LogP contribution in [0.3, 0.4) is 0 Å². The van der Waals surface area contributed by atoms with Crippen molar-refractivity contribution < 1.29 is 14.3 Å². The lowest BCUT2D eigenvalue weighted by Gasteiger charge is -2.34. The number of aryl methyl sites for hydroxylation is 2. The minimum Gasteiger partial charge on any atom is -0.497 e. The van der Waals surface area contributed by atoms with Gasteiger partial charge in [-0.3, -0.25) is 4.79 Å². The van der Waals surface area contributed by atoms with Gasteiger partial charge in [-0.2, -0.15) is 0 Å². The predicted molar refractivity (Wildman–Crippen MR) is 116 cm³/mol. The van der Waals surface area contributed by atoms with Gasteiger partial charge in [0, 0.05) is 17.3 Å². The molecular weight excluding hydrogens is 400 g/mol. The number of halogens is 1. The van der Waals surface area contributed by atoms with E-state index < -0.39 is 5.41 Å². The van der Waals surface area contributed by atoms with Crippen LogP contribution in [0, 0.1) is 6.92 Å². The maximum Gasteiger partial charge on any atom is 0.217 e. The highest BCUT2D eigenvalue weighted by Crippen LogP contribution is 2.42. The summed E-state index contributed by atoms with van der Waals surface area (Å²) in [6.45, 7) is 4.22. The number of ether oxygens (including phenoxy) is 2. The van der Waals surface area contributed by atoms with Crippen LogP contribution in [0.25, 0.3) is 0 Å². The van der Waals surface area contributed by atoms with Gasteiger partial charge in [-0.05, 0) is 62.1 Å². The summed E-state index contributed by atoms with van der Waals surface area (Å²) in [5, 5.41) is 0.424. The Morgan fingerprint density at radius 3 is 2.70 bits per heavy atom. The Labute approximate surface area is 181 Å². The number of carbonyl (C=O) groups excluding carboxylic acids is 1. The lowest BCUT2D eigenvalue weighted by molar-refractivity contribution is 0.0868. The minimum absolute atomic E-state index is 0.0349. The van der Waals surface area contributed by atoms with Gasteiger partial charge in [-0.25, -0.2) is 9.97 Å². The number of rotatable bonds is 5. The van der Waals surface area contributed by atoms with Gasteiger partial charge < -0.3 is 9.47 Å². The third-order valence-electron chi connectivity index (χ3n) is 5.75. The molecule has 0 N–H and O–H groups in total. The molecular formula is C24H23ClN2O3. The second-order valence-electron chi connectivity index (χ2n) is 7.74. The van der Waals surface area contributed by atoms with Crippen LogP contribution >= 0.6 is 11.6 Å². The van der Waals surface area contributed by atoms with E-state index in [1.807, 2.05) is 50.2 Å². The van der Waals surface area contributed by atoms with Crippen molar-refractivity contribution in [3.8, 4) is 11.6 Å². The third-order valence-corrected chi connectivity index (χ3v) is 5.94. The molecule has 5 nitrogen and oxygen atoms in total.